The van der Waals surface area contributed by atoms with Gasteiger partial charge in [-0.15, -0.1) is 0 Å². The molecule has 2 amide bonds. The average molecular weight is 465 g/mol. The molecule has 0 radical (unpaired) electrons. The van der Waals surface area contributed by atoms with Crippen molar-refractivity contribution in [1.29, 1.82) is 0 Å². The number of nitrogens with one attached hydrogen (secondary N) is 1. The fourth-order valence-electron chi connectivity index (χ4n) is 4.42. The maximum atomic E-state index is 13.2. The van der Waals surface area contributed by atoms with Gasteiger partial charge in [-0.25, -0.2) is 0 Å². The van der Waals surface area contributed by atoms with Crippen molar-refractivity contribution in [3.05, 3.63) is 65.7 Å². The van der Waals surface area contributed by atoms with E-state index in [0.29, 0.717) is 18.7 Å². The van der Waals surface area contributed by atoms with Gasteiger partial charge in [-0.2, -0.15) is 0 Å². The molecule has 0 heterocycles. The quantitative estimate of drug-likeness (QED) is 0.550. The fraction of sp³-hybridized carbons (Fsp3) is 0.517. The fourth-order valence-corrected chi connectivity index (χ4v) is 4.42. The predicted octanol–water partition coefficient (Wildman–Crippen LogP) is 5.27. The molecule has 1 atom stereocenters. The van der Waals surface area contributed by atoms with Crippen LogP contribution in [0, 0.1) is 0 Å². The molecule has 1 saturated carbocycles. The highest BCUT2D eigenvalue weighted by molar-refractivity contribution is 5.88. The summed E-state index contributed by atoms with van der Waals surface area (Å²) < 4.78 is 5.83. The molecule has 3 rings (SSSR count). The first-order chi connectivity index (χ1) is 16.2. The van der Waals surface area contributed by atoms with E-state index in [4.69, 9.17) is 4.74 Å². The number of nitrogens with zero attached hydrogens (tertiary/aromatic N) is 1. The number of ether oxygens (including phenoxy) is 1. The molecular weight excluding hydrogens is 424 g/mol. The standard InChI is InChI=1S/C29H40N2O3/c1-22(28(33)30-25-13-9-6-10-14-25)31(20-19-23-11-7-5-8-12-23)27(32)21-34-26-17-15-24(16-18-26)29(2,3)4/h5,7-8,11-12,15-18,22,25H,6,9-10,13-14,19-21H2,1-4H3,(H,30,33)/t22-/m0/s1. The Kier molecular flexibility index (Phi) is 9.14. The number of carbonyl (C=O) groups excluding carboxylic acids is 2. The molecule has 0 spiro atoms. The molecule has 0 saturated heterocycles. The molecular formula is C29H40N2O3. The largest absolute Gasteiger partial charge is 0.484 e. The van der Waals surface area contributed by atoms with Crippen molar-refractivity contribution in [1.82, 2.24) is 10.2 Å². The van der Waals surface area contributed by atoms with Crippen molar-refractivity contribution in [2.75, 3.05) is 13.2 Å². The van der Waals surface area contributed by atoms with Crippen LogP contribution < -0.4 is 10.1 Å². The Balaban J connectivity index is 1.64. The van der Waals surface area contributed by atoms with Crippen molar-refractivity contribution in [3.8, 4) is 5.75 Å². The van der Waals surface area contributed by atoms with Gasteiger partial charge in [0, 0.05) is 12.6 Å². The van der Waals surface area contributed by atoms with E-state index in [0.717, 1.165) is 31.2 Å². The zero-order valence-corrected chi connectivity index (χ0v) is 21.2. The monoisotopic (exact) mass is 464 g/mol. The van der Waals surface area contributed by atoms with Crippen LogP contribution in [-0.4, -0.2) is 41.9 Å². The van der Waals surface area contributed by atoms with Crippen LogP contribution in [0.15, 0.2) is 54.6 Å². The third-order valence-electron chi connectivity index (χ3n) is 6.69. The highest BCUT2D eigenvalue weighted by Gasteiger charge is 2.28. The average Bonchev–Trinajstić information content (AvgIpc) is 2.83. The van der Waals surface area contributed by atoms with E-state index in [-0.39, 0.29) is 29.9 Å². The molecule has 1 aliphatic rings. The Labute approximate surface area is 204 Å². The van der Waals surface area contributed by atoms with E-state index in [1.165, 1.54) is 12.0 Å². The van der Waals surface area contributed by atoms with E-state index in [2.05, 4.69) is 26.1 Å². The van der Waals surface area contributed by atoms with Gasteiger partial charge < -0.3 is 15.0 Å². The van der Waals surface area contributed by atoms with Gasteiger partial charge in [-0.05, 0) is 54.9 Å². The molecule has 2 aromatic rings. The Morgan fingerprint density at radius 1 is 1.00 bits per heavy atom. The van der Waals surface area contributed by atoms with E-state index in [9.17, 15) is 9.59 Å². The number of hydrogen-bond donors (Lipinski definition) is 1. The van der Waals surface area contributed by atoms with E-state index in [1.54, 1.807) is 4.90 Å². The lowest BCUT2D eigenvalue weighted by atomic mass is 9.87. The van der Waals surface area contributed by atoms with Crippen molar-refractivity contribution in [3.63, 3.8) is 0 Å². The van der Waals surface area contributed by atoms with Gasteiger partial charge in [-0.3, -0.25) is 9.59 Å². The third kappa shape index (κ3) is 7.61. The first-order valence-corrected chi connectivity index (χ1v) is 12.6. The summed E-state index contributed by atoms with van der Waals surface area (Å²) in [5, 5.41) is 3.17. The Morgan fingerprint density at radius 2 is 1.65 bits per heavy atom. The van der Waals surface area contributed by atoms with E-state index < -0.39 is 6.04 Å². The van der Waals surface area contributed by atoms with Gasteiger partial charge in [0.15, 0.2) is 6.61 Å². The molecule has 5 nitrogen and oxygen atoms in total. The number of carbonyl (C=O) groups is 2. The topological polar surface area (TPSA) is 58.6 Å². The zero-order valence-electron chi connectivity index (χ0n) is 21.2. The first-order valence-electron chi connectivity index (χ1n) is 12.6. The molecule has 1 N–H and O–H groups in total. The van der Waals surface area contributed by atoms with Crippen LogP contribution in [0.5, 0.6) is 5.75 Å². The molecule has 0 bridgehead atoms. The van der Waals surface area contributed by atoms with Gasteiger partial charge in [0.05, 0.1) is 0 Å². The van der Waals surface area contributed by atoms with Gasteiger partial charge in [0.2, 0.25) is 5.91 Å². The van der Waals surface area contributed by atoms with Crippen LogP contribution >= 0.6 is 0 Å². The lowest BCUT2D eigenvalue weighted by Gasteiger charge is -2.31. The zero-order chi connectivity index (χ0) is 24.6. The van der Waals surface area contributed by atoms with Gasteiger partial charge in [0.25, 0.3) is 5.91 Å². The second kappa shape index (κ2) is 12.0. The molecule has 34 heavy (non-hydrogen) atoms. The lowest BCUT2D eigenvalue weighted by molar-refractivity contribution is -0.141. The molecule has 0 aromatic heterocycles. The van der Waals surface area contributed by atoms with Crippen LogP contribution in [0.25, 0.3) is 0 Å². The Hall–Kier alpha value is -2.82. The minimum Gasteiger partial charge on any atom is -0.484 e. The van der Waals surface area contributed by atoms with Crippen LogP contribution in [0.3, 0.4) is 0 Å². The maximum absolute atomic E-state index is 13.2. The van der Waals surface area contributed by atoms with Gasteiger partial charge in [0.1, 0.15) is 11.8 Å². The summed E-state index contributed by atoms with van der Waals surface area (Å²) in [6.07, 6.45) is 6.26. The smallest absolute Gasteiger partial charge is 0.261 e. The van der Waals surface area contributed by atoms with E-state index >= 15 is 0 Å². The van der Waals surface area contributed by atoms with Crippen LogP contribution in [0.1, 0.15) is 70.9 Å². The second-order valence-corrected chi connectivity index (χ2v) is 10.4. The van der Waals surface area contributed by atoms with Crippen LogP contribution in [-0.2, 0) is 21.4 Å². The van der Waals surface area contributed by atoms with Crippen molar-refractivity contribution in [2.24, 2.45) is 0 Å². The summed E-state index contributed by atoms with van der Waals surface area (Å²) in [6, 6.07) is 17.6. The molecule has 1 aliphatic carbocycles. The molecule has 0 unspecified atom stereocenters. The maximum Gasteiger partial charge on any atom is 0.261 e. The second-order valence-electron chi connectivity index (χ2n) is 10.4. The highest BCUT2D eigenvalue weighted by Crippen LogP contribution is 2.24. The first kappa shape index (κ1) is 25.8. The van der Waals surface area contributed by atoms with Crippen LogP contribution in [0.4, 0.5) is 0 Å². The van der Waals surface area contributed by atoms with Gasteiger partial charge >= 0.3 is 0 Å². The normalized spacial score (nSPS) is 15.4. The molecule has 1 fully saturated rings. The van der Waals surface area contributed by atoms with Gasteiger partial charge in [-0.1, -0.05) is 82.5 Å². The Morgan fingerprint density at radius 3 is 2.26 bits per heavy atom. The number of hydrogen-bond acceptors (Lipinski definition) is 3. The lowest BCUT2D eigenvalue weighted by Crippen LogP contribution is -2.52. The van der Waals surface area contributed by atoms with Crippen molar-refractivity contribution >= 4 is 11.8 Å². The summed E-state index contributed by atoms with van der Waals surface area (Å²) in [6.45, 7) is 8.68. The summed E-state index contributed by atoms with van der Waals surface area (Å²) in [5.74, 6) is 0.397. The van der Waals surface area contributed by atoms with Crippen LogP contribution in [0.2, 0.25) is 0 Å². The SMILES string of the molecule is C[C@@H](C(=O)NC1CCCCC1)N(CCc1ccccc1)C(=O)COc1ccc(C(C)(C)C)cc1. The third-order valence-corrected chi connectivity index (χ3v) is 6.69. The van der Waals surface area contributed by atoms with E-state index in [1.807, 2.05) is 61.5 Å². The molecule has 0 aliphatic heterocycles. The van der Waals surface area contributed by atoms with Crippen molar-refractivity contribution < 1.29 is 14.3 Å². The summed E-state index contributed by atoms with van der Waals surface area (Å²) in [5.41, 5.74) is 2.41. The molecule has 5 heteroatoms. The molecule has 184 valence electrons. The minimum atomic E-state index is -0.551. The molecule has 2 aromatic carbocycles. The Bertz CT molecular complexity index is 913. The minimum absolute atomic E-state index is 0.0592. The highest BCUT2D eigenvalue weighted by atomic mass is 16.5. The number of amides is 2. The predicted molar refractivity (Wildman–Crippen MR) is 137 cm³/mol. The number of rotatable bonds is 9. The summed E-state index contributed by atoms with van der Waals surface area (Å²) >= 11 is 0. The summed E-state index contributed by atoms with van der Waals surface area (Å²) in [4.78, 5) is 27.9. The number of benzene rings is 2. The summed E-state index contributed by atoms with van der Waals surface area (Å²) in [7, 11) is 0. The van der Waals surface area contributed by atoms with Crippen molar-refractivity contribution in [2.45, 2.75) is 83.7 Å².